The molecule has 2 heterocycles. The van der Waals surface area contributed by atoms with Crippen LogP contribution >= 0.6 is 23.1 Å². The van der Waals surface area contributed by atoms with Gasteiger partial charge in [-0.05, 0) is 19.4 Å². The van der Waals surface area contributed by atoms with Crippen LogP contribution in [0.2, 0.25) is 0 Å². The number of ether oxygens (including phenoxy) is 1. The molecule has 0 saturated heterocycles. The van der Waals surface area contributed by atoms with E-state index in [2.05, 4.69) is 15.3 Å². The average Bonchev–Trinajstić information content (AvgIpc) is 3.23. The molecule has 3 aromatic rings. The third kappa shape index (κ3) is 4.60. The molecule has 0 aliphatic carbocycles. The molecule has 28 heavy (non-hydrogen) atoms. The maximum atomic E-state index is 12.3. The van der Waals surface area contributed by atoms with Gasteiger partial charge in [0, 0.05) is 7.05 Å². The Morgan fingerprint density at radius 1 is 1.29 bits per heavy atom. The number of esters is 1. The van der Waals surface area contributed by atoms with Crippen LogP contribution in [0.5, 0.6) is 0 Å². The summed E-state index contributed by atoms with van der Waals surface area (Å²) < 4.78 is 6.95. The summed E-state index contributed by atoms with van der Waals surface area (Å²) in [5.41, 5.74) is 2.60. The Morgan fingerprint density at radius 2 is 2.04 bits per heavy atom. The SMILES string of the molecule is CCOC(=O)c1sc(NC(=O)CSc2ncc(-c3ccccc3)n2C)nc1C. The lowest BCUT2D eigenvalue weighted by Crippen LogP contribution is -2.14. The molecule has 0 spiro atoms. The molecule has 2 aromatic heterocycles. The van der Waals surface area contributed by atoms with Crippen molar-refractivity contribution in [2.24, 2.45) is 7.05 Å². The number of amides is 1. The number of aromatic nitrogens is 3. The smallest absolute Gasteiger partial charge is 0.350 e. The van der Waals surface area contributed by atoms with Gasteiger partial charge in [0.05, 0.1) is 29.9 Å². The lowest BCUT2D eigenvalue weighted by Gasteiger charge is -2.05. The van der Waals surface area contributed by atoms with Crippen molar-refractivity contribution in [2.75, 3.05) is 17.7 Å². The number of aryl methyl sites for hydroxylation is 1. The van der Waals surface area contributed by atoms with Crippen LogP contribution in [-0.4, -0.2) is 38.8 Å². The highest BCUT2D eigenvalue weighted by atomic mass is 32.2. The fourth-order valence-electron chi connectivity index (χ4n) is 2.53. The fourth-order valence-corrected chi connectivity index (χ4v) is 4.15. The Hall–Kier alpha value is -2.65. The minimum atomic E-state index is -0.422. The predicted octanol–water partition coefficient (Wildman–Crippen LogP) is 3.76. The van der Waals surface area contributed by atoms with E-state index in [-0.39, 0.29) is 11.7 Å². The molecular weight excluding hydrogens is 396 g/mol. The molecule has 0 aliphatic heterocycles. The molecule has 0 radical (unpaired) electrons. The number of carbonyl (C=O) groups is 2. The normalized spacial score (nSPS) is 10.7. The number of hydrogen-bond acceptors (Lipinski definition) is 7. The predicted molar refractivity (Wildman–Crippen MR) is 111 cm³/mol. The molecule has 146 valence electrons. The first-order chi connectivity index (χ1) is 13.5. The summed E-state index contributed by atoms with van der Waals surface area (Å²) in [6.45, 7) is 3.75. The van der Waals surface area contributed by atoms with E-state index in [0.717, 1.165) is 27.8 Å². The number of thioether (sulfide) groups is 1. The van der Waals surface area contributed by atoms with Gasteiger partial charge in [-0.25, -0.2) is 14.8 Å². The minimum Gasteiger partial charge on any atom is -0.462 e. The Balaban J connectivity index is 1.60. The number of rotatable bonds is 7. The monoisotopic (exact) mass is 416 g/mol. The summed E-state index contributed by atoms with van der Waals surface area (Å²) in [4.78, 5) is 33.2. The van der Waals surface area contributed by atoms with Gasteiger partial charge in [-0.2, -0.15) is 0 Å². The highest BCUT2D eigenvalue weighted by molar-refractivity contribution is 7.99. The Bertz CT molecular complexity index is 982. The Kier molecular flexibility index (Phi) is 6.48. The van der Waals surface area contributed by atoms with Gasteiger partial charge < -0.3 is 14.6 Å². The summed E-state index contributed by atoms with van der Waals surface area (Å²) >= 11 is 2.45. The third-order valence-electron chi connectivity index (χ3n) is 3.85. The van der Waals surface area contributed by atoms with E-state index in [4.69, 9.17) is 4.74 Å². The molecule has 0 bridgehead atoms. The van der Waals surface area contributed by atoms with E-state index >= 15 is 0 Å². The van der Waals surface area contributed by atoms with Gasteiger partial charge in [0.15, 0.2) is 10.3 Å². The molecule has 0 atom stereocenters. The number of benzene rings is 1. The first-order valence-corrected chi connectivity index (χ1v) is 10.4. The molecule has 7 nitrogen and oxygen atoms in total. The zero-order valence-corrected chi connectivity index (χ0v) is 17.4. The Labute approximate surface area is 171 Å². The van der Waals surface area contributed by atoms with Gasteiger partial charge >= 0.3 is 5.97 Å². The van der Waals surface area contributed by atoms with E-state index in [9.17, 15) is 9.59 Å². The van der Waals surface area contributed by atoms with Gasteiger partial charge in [0.2, 0.25) is 5.91 Å². The van der Waals surface area contributed by atoms with Crippen LogP contribution in [0.1, 0.15) is 22.3 Å². The van der Waals surface area contributed by atoms with Crippen LogP contribution in [-0.2, 0) is 16.6 Å². The van der Waals surface area contributed by atoms with Gasteiger partial charge in [0.25, 0.3) is 0 Å². The zero-order valence-electron chi connectivity index (χ0n) is 15.8. The first kappa shape index (κ1) is 20.1. The van der Waals surface area contributed by atoms with E-state index in [0.29, 0.717) is 22.3 Å². The maximum absolute atomic E-state index is 12.3. The number of thiazole rings is 1. The number of hydrogen-bond donors (Lipinski definition) is 1. The van der Waals surface area contributed by atoms with Crippen molar-refractivity contribution in [3.8, 4) is 11.3 Å². The van der Waals surface area contributed by atoms with Crippen LogP contribution < -0.4 is 5.32 Å². The van der Waals surface area contributed by atoms with Gasteiger partial charge in [0.1, 0.15) is 4.88 Å². The molecule has 1 amide bonds. The van der Waals surface area contributed by atoms with E-state index < -0.39 is 5.97 Å². The molecule has 1 N–H and O–H groups in total. The van der Waals surface area contributed by atoms with Crippen molar-refractivity contribution in [1.82, 2.24) is 14.5 Å². The van der Waals surface area contributed by atoms with Crippen molar-refractivity contribution in [1.29, 1.82) is 0 Å². The van der Waals surface area contributed by atoms with Gasteiger partial charge in [-0.1, -0.05) is 53.4 Å². The summed E-state index contributed by atoms with van der Waals surface area (Å²) in [6.07, 6.45) is 1.80. The summed E-state index contributed by atoms with van der Waals surface area (Å²) in [6, 6.07) is 9.95. The van der Waals surface area contributed by atoms with Crippen molar-refractivity contribution in [3.05, 3.63) is 47.1 Å². The second kappa shape index (κ2) is 9.03. The summed E-state index contributed by atoms with van der Waals surface area (Å²) in [5.74, 6) is -0.445. The van der Waals surface area contributed by atoms with Crippen molar-refractivity contribution < 1.29 is 14.3 Å². The van der Waals surface area contributed by atoms with Gasteiger partial charge in [-0.3, -0.25) is 4.79 Å². The van der Waals surface area contributed by atoms with Crippen LogP contribution in [0, 0.1) is 6.92 Å². The summed E-state index contributed by atoms with van der Waals surface area (Å²) in [7, 11) is 1.92. The van der Waals surface area contributed by atoms with E-state index in [1.54, 1.807) is 20.0 Å². The second-order valence-electron chi connectivity index (χ2n) is 5.84. The quantitative estimate of drug-likeness (QED) is 0.466. The van der Waals surface area contributed by atoms with E-state index in [1.165, 1.54) is 11.8 Å². The van der Waals surface area contributed by atoms with Crippen molar-refractivity contribution in [3.63, 3.8) is 0 Å². The van der Waals surface area contributed by atoms with Crippen LogP contribution in [0.4, 0.5) is 5.13 Å². The minimum absolute atomic E-state index is 0.187. The molecule has 0 saturated carbocycles. The summed E-state index contributed by atoms with van der Waals surface area (Å²) in [5, 5.41) is 3.86. The maximum Gasteiger partial charge on any atom is 0.350 e. The molecule has 1 aromatic carbocycles. The molecular formula is C19H20N4O3S2. The highest BCUT2D eigenvalue weighted by Gasteiger charge is 2.18. The number of carbonyl (C=O) groups excluding carboxylic acids is 2. The Morgan fingerprint density at radius 3 is 2.75 bits per heavy atom. The molecule has 9 heteroatoms. The zero-order chi connectivity index (χ0) is 20.1. The van der Waals surface area contributed by atoms with Crippen LogP contribution in [0.15, 0.2) is 41.7 Å². The number of nitrogens with one attached hydrogen (secondary N) is 1. The average molecular weight is 417 g/mol. The molecule has 0 unspecified atom stereocenters. The number of anilines is 1. The second-order valence-corrected chi connectivity index (χ2v) is 7.78. The number of nitrogens with zero attached hydrogens (tertiary/aromatic N) is 3. The lowest BCUT2D eigenvalue weighted by molar-refractivity contribution is -0.113. The fraction of sp³-hybridized carbons (Fsp3) is 0.263. The number of imidazole rings is 1. The van der Waals surface area contributed by atoms with E-state index in [1.807, 2.05) is 41.9 Å². The topological polar surface area (TPSA) is 86.1 Å². The highest BCUT2D eigenvalue weighted by Crippen LogP contribution is 2.26. The standard InChI is InChI=1S/C19H20N4O3S2/c1-4-26-17(25)16-12(2)21-18(28-16)22-15(24)11-27-19-20-10-14(23(19)3)13-8-6-5-7-9-13/h5-10H,4,11H2,1-3H3,(H,21,22,24). The lowest BCUT2D eigenvalue weighted by atomic mass is 10.2. The van der Waals surface area contributed by atoms with Crippen molar-refractivity contribution in [2.45, 2.75) is 19.0 Å². The molecule has 0 fully saturated rings. The molecule has 0 aliphatic rings. The molecule has 3 rings (SSSR count). The van der Waals surface area contributed by atoms with Crippen molar-refractivity contribution >= 4 is 40.1 Å². The first-order valence-electron chi connectivity index (χ1n) is 8.64. The van der Waals surface area contributed by atoms with Crippen LogP contribution in [0.25, 0.3) is 11.3 Å². The largest absolute Gasteiger partial charge is 0.462 e. The van der Waals surface area contributed by atoms with Crippen LogP contribution in [0.3, 0.4) is 0 Å². The van der Waals surface area contributed by atoms with Gasteiger partial charge in [-0.15, -0.1) is 0 Å². The third-order valence-corrected chi connectivity index (χ3v) is 5.95.